The van der Waals surface area contributed by atoms with Crippen molar-refractivity contribution in [2.75, 3.05) is 31.6 Å². The van der Waals surface area contributed by atoms with Gasteiger partial charge in [-0.25, -0.2) is 4.79 Å². The summed E-state index contributed by atoms with van der Waals surface area (Å²) in [5.41, 5.74) is 3.88. The van der Waals surface area contributed by atoms with E-state index in [2.05, 4.69) is 11.4 Å². The van der Waals surface area contributed by atoms with E-state index >= 15 is 0 Å². The summed E-state index contributed by atoms with van der Waals surface area (Å²) >= 11 is 0. The summed E-state index contributed by atoms with van der Waals surface area (Å²) in [5.74, 6) is 0.336. The molecule has 1 aliphatic heterocycles. The van der Waals surface area contributed by atoms with Crippen molar-refractivity contribution in [3.8, 4) is 6.07 Å². The van der Waals surface area contributed by atoms with E-state index in [1.165, 1.54) is 5.56 Å². The molecule has 2 aromatic carbocycles. The monoisotopic (exact) mass is 448 g/mol. The summed E-state index contributed by atoms with van der Waals surface area (Å²) in [7, 11) is 0. The zero-order valence-electron chi connectivity index (χ0n) is 19.5. The number of aliphatic hydroxyl groups excluding tert-OH is 1. The Labute approximate surface area is 195 Å². The van der Waals surface area contributed by atoms with Crippen molar-refractivity contribution in [3.63, 3.8) is 0 Å². The average molecular weight is 449 g/mol. The summed E-state index contributed by atoms with van der Waals surface area (Å²) in [6, 6.07) is 14.9. The van der Waals surface area contributed by atoms with Crippen molar-refractivity contribution in [2.24, 2.45) is 0 Å². The highest BCUT2D eigenvalue weighted by Crippen LogP contribution is 2.29. The summed E-state index contributed by atoms with van der Waals surface area (Å²) < 4.78 is 0. The molecule has 0 aromatic heterocycles. The molecule has 1 aliphatic rings. The van der Waals surface area contributed by atoms with Gasteiger partial charge in [0.1, 0.15) is 0 Å². The SMILES string of the molecule is Cc1ccc(C(=O)N2CCC(c3ccc(C#N)cc3)CC2)cc1NC(=O)N(CCO)C(C)C. The molecule has 3 rings (SSSR count). The van der Waals surface area contributed by atoms with Gasteiger partial charge in [0.25, 0.3) is 5.91 Å². The number of nitrogens with one attached hydrogen (secondary N) is 1. The van der Waals surface area contributed by atoms with Gasteiger partial charge >= 0.3 is 6.03 Å². The van der Waals surface area contributed by atoms with Crippen molar-refractivity contribution in [1.82, 2.24) is 9.80 Å². The third-order valence-corrected chi connectivity index (χ3v) is 6.24. The van der Waals surface area contributed by atoms with Crippen molar-refractivity contribution in [3.05, 3.63) is 64.7 Å². The Morgan fingerprint density at radius 3 is 2.42 bits per heavy atom. The number of carbonyl (C=O) groups is 2. The fourth-order valence-corrected chi connectivity index (χ4v) is 4.21. The molecule has 0 aliphatic carbocycles. The fraction of sp³-hybridized carbons (Fsp3) is 0.423. The third kappa shape index (κ3) is 5.91. The van der Waals surface area contributed by atoms with E-state index in [9.17, 15) is 14.7 Å². The van der Waals surface area contributed by atoms with Crippen LogP contribution in [0.2, 0.25) is 0 Å². The van der Waals surface area contributed by atoms with Crippen LogP contribution in [-0.4, -0.2) is 59.1 Å². The van der Waals surface area contributed by atoms with Crippen LogP contribution in [0.15, 0.2) is 42.5 Å². The largest absolute Gasteiger partial charge is 0.395 e. The molecule has 2 aromatic rings. The van der Waals surface area contributed by atoms with Crippen LogP contribution in [-0.2, 0) is 0 Å². The minimum atomic E-state index is -0.296. The summed E-state index contributed by atoms with van der Waals surface area (Å²) in [4.78, 5) is 29.3. The van der Waals surface area contributed by atoms with E-state index in [-0.39, 0.29) is 31.1 Å². The fourth-order valence-electron chi connectivity index (χ4n) is 4.21. The van der Waals surface area contributed by atoms with Gasteiger partial charge in [-0.1, -0.05) is 18.2 Å². The number of piperidine rings is 1. The molecule has 2 N–H and O–H groups in total. The average Bonchev–Trinajstić information content (AvgIpc) is 2.83. The first-order chi connectivity index (χ1) is 15.8. The number of urea groups is 1. The predicted octanol–water partition coefficient (Wildman–Crippen LogP) is 4.12. The topological polar surface area (TPSA) is 96.7 Å². The summed E-state index contributed by atoms with van der Waals surface area (Å²) in [6.45, 7) is 7.13. The molecule has 0 spiro atoms. The van der Waals surface area contributed by atoms with Gasteiger partial charge < -0.3 is 20.2 Å². The normalized spacial score (nSPS) is 14.1. The van der Waals surface area contributed by atoms with Crippen molar-refractivity contribution >= 4 is 17.6 Å². The lowest BCUT2D eigenvalue weighted by molar-refractivity contribution is 0.0713. The Morgan fingerprint density at radius 1 is 1.18 bits per heavy atom. The molecule has 3 amide bonds. The van der Waals surface area contributed by atoms with Crippen LogP contribution < -0.4 is 5.32 Å². The van der Waals surface area contributed by atoms with Crippen molar-refractivity contribution < 1.29 is 14.7 Å². The number of hydrogen-bond acceptors (Lipinski definition) is 4. The van der Waals surface area contributed by atoms with Gasteiger partial charge in [0, 0.05) is 36.9 Å². The molecular formula is C26H32N4O3. The molecule has 0 saturated carbocycles. The van der Waals surface area contributed by atoms with Gasteiger partial charge in [-0.3, -0.25) is 4.79 Å². The first-order valence-corrected chi connectivity index (χ1v) is 11.4. The number of nitriles is 1. The van der Waals surface area contributed by atoms with Gasteiger partial charge in [0.05, 0.1) is 18.2 Å². The summed E-state index contributed by atoms with van der Waals surface area (Å²) in [6.07, 6.45) is 1.75. The number of rotatable bonds is 6. The Balaban J connectivity index is 1.66. The molecule has 33 heavy (non-hydrogen) atoms. The number of anilines is 1. The van der Waals surface area contributed by atoms with Crippen LogP contribution in [0.5, 0.6) is 0 Å². The lowest BCUT2D eigenvalue weighted by Crippen LogP contribution is -2.42. The number of nitrogens with zero attached hydrogens (tertiary/aromatic N) is 3. The molecular weight excluding hydrogens is 416 g/mol. The smallest absolute Gasteiger partial charge is 0.322 e. The first-order valence-electron chi connectivity index (χ1n) is 11.4. The van der Waals surface area contributed by atoms with Crippen LogP contribution in [0.1, 0.15) is 59.7 Å². The van der Waals surface area contributed by atoms with Crippen LogP contribution >= 0.6 is 0 Å². The molecule has 174 valence electrons. The molecule has 7 nitrogen and oxygen atoms in total. The lowest BCUT2D eigenvalue weighted by atomic mass is 9.89. The Hall–Kier alpha value is -3.37. The molecule has 0 atom stereocenters. The highest BCUT2D eigenvalue weighted by molar-refractivity contribution is 5.97. The number of benzene rings is 2. The minimum Gasteiger partial charge on any atom is -0.395 e. The first kappa shape index (κ1) is 24.3. The van der Waals surface area contributed by atoms with E-state index in [1.807, 2.05) is 56.0 Å². The summed E-state index contributed by atoms with van der Waals surface area (Å²) in [5, 5.41) is 21.1. The third-order valence-electron chi connectivity index (χ3n) is 6.24. The molecule has 0 unspecified atom stereocenters. The van der Waals surface area contributed by atoms with Crippen molar-refractivity contribution in [1.29, 1.82) is 5.26 Å². The maximum atomic E-state index is 13.2. The number of aryl methyl sites for hydroxylation is 1. The second-order valence-corrected chi connectivity index (χ2v) is 8.77. The van der Waals surface area contributed by atoms with E-state index < -0.39 is 0 Å². The van der Waals surface area contributed by atoms with Crippen molar-refractivity contribution in [2.45, 2.75) is 45.6 Å². The molecule has 7 heteroatoms. The van der Waals surface area contributed by atoms with Crippen LogP contribution in [0.25, 0.3) is 0 Å². The Kier molecular flexibility index (Phi) is 8.07. The second kappa shape index (κ2) is 11.0. The van der Waals surface area contributed by atoms with Gasteiger partial charge in [0.15, 0.2) is 0 Å². The number of likely N-dealkylation sites (tertiary alicyclic amines) is 1. The second-order valence-electron chi connectivity index (χ2n) is 8.77. The lowest BCUT2D eigenvalue weighted by Gasteiger charge is -2.32. The van der Waals surface area contributed by atoms with Crippen LogP contribution in [0.4, 0.5) is 10.5 Å². The quantitative estimate of drug-likeness (QED) is 0.695. The van der Waals surface area contributed by atoms with Gasteiger partial charge in [-0.2, -0.15) is 5.26 Å². The van der Waals surface area contributed by atoms with E-state index in [0.29, 0.717) is 35.8 Å². The Bertz CT molecular complexity index is 1020. The highest BCUT2D eigenvalue weighted by atomic mass is 16.3. The standard InChI is InChI=1S/C26H32N4O3/c1-18(2)30(14-15-31)26(33)28-24-16-23(7-4-19(24)3)25(32)29-12-10-22(11-13-29)21-8-5-20(17-27)6-9-21/h4-9,16,18,22,31H,10-15H2,1-3H3,(H,28,33). The number of hydrogen-bond donors (Lipinski definition) is 2. The molecule has 1 heterocycles. The zero-order chi connectivity index (χ0) is 24.0. The van der Waals surface area contributed by atoms with Gasteiger partial charge in [0.2, 0.25) is 0 Å². The maximum Gasteiger partial charge on any atom is 0.322 e. The van der Waals surface area contributed by atoms with Gasteiger partial charge in [-0.05, 0) is 74.9 Å². The molecule has 0 radical (unpaired) electrons. The minimum absolute atomic E-state index is 0.0418. The van der Waals surface area contributed by atoms with E-state index in [1.54, 1.807) is 17.0 Å². The number of amides is 3. The van der Waals surface area contributed by atoms with Crippen LogP contribution in [0, 0.1) is 18.3 Å². The molecule has 1 saturated heterocycles. The van der Waals surface area contributed by atoms with E-state index in [0.717, 1.165) is 18.4 Å². The highest BCUT2D eigenvalue weighted by Gasteiger charge is 2.25. The number of aliphatic hydroxyl groups is 1. The van der Waals surface area contributed by atoms with E-state index in [4.69, 9.17) is 5.26 Å². The maximum absolute atomic E-state index is 13.2. The predicted molar refractivity (Wildman–Crippen MR) is 128 cm³/mol. The molecule has 1 fully saturated rings. The Morgan fingerprint density at radius 2 is 1.85 bits per heavy atom. The molecule has 0 bridgehead atoms. The zero-order valence-corrected chi connectivity index (χ0v) is 19.5. The van der Waals surface area contributed by atoms with Gasteiger partial charge in [-0.15, -0.1) is 0 Å². The number of carbonyl (C=O) groups excluding carboxylic acids is 2. The van der Waals surface area contributed by atoms with Crippen LogP contribution in [0.3, 0.4) is 0 Å².